The maximum Gasteiger partial charge on any atom is 0.411 e. The van der Waals surface area contributed by atoms with E-state index in [9.17, 15) is 9.59 Å². The van der Waals surface area contributed by atoms with Crippen molar-refractivity contribution in [1.29, 1.82) is 0 Å². The maximum atomic E-state index is 13.0. The Morgan fingerprint density at radius 1 is 0.604 bits per heavy atom. The maximum absolute atomic E-state index is 13.0. The van der Waals surface area contributed by atoms with E-state index in [1.807, 2.05) is 63.7 Å². The Hall–Kier alpha value is -4.60. The molecule has 2 aliphatic heterocycles. The van der Waals surface area contributed by atoms with Gasteiger partial charge in [-0.3, -0.25) is 9.80 Å². The molecule has 2 saturated carbocycles. The fourth-order valence-corrected chi connectivity index (χ4v) is 7.55. The number of benzene rings is 2. The summed E-state index contributed by atoms with van der Waals surface area (Å²) in [6.45, 7) is 11.4. The number of carbonyl (C=O) groups is 2. The summed E-state index contributed by atoms with van der Waals surface area (Å²) in [5.74, 6) is 2.69. The van der Waals surface area contributed by atoms with Gasteiger partial charge in [-0.05, 0) is 101 Å². The number of imidazole rings is 2. The second kappa shape index (κ2) is 11.0. The summed E-state index contributed by atoms with van der Waals surface area (Å²) in [6.07, 6.45) is 7.12. The zero-order valence-electron chi connectivity index (χ0n) is 28.5. The van der Waals surface area contributed by atoms with Crippen LogP contribution in [0.4, 0.5) is 9.59 Å². The van der Waals surface area contributed by atoms with Gasteiger partial charge in [0.2, 0.25) is 0 Å². The largest absolute Gasteiger partial charge is 0.444 e. The second-order valence-corrected chi connectivity index (χ2v) is 15.9. The third kappa shape index (κ3) is 5.86. The molecule has 10 nitrogen and oxygen atoms in total. The third-order valence-corrected chi connectivity index (χ3v) is 9.96. The van der Waals surface area contributed by atoms with E-state index in [-0.39, 0.29) is 36.4 Å². The average molecular weight is 649 g/mol. The molecular formula is C38H44N6O4. The van der Waals surface area contributed by atoms with Crippen LogP contribution in [0.3, 0.4) is 0 Å². The van der Waals surface area contributed by atoms with Crippen LogP contribution in [0.25, 0.3) is 33.6 Å². The van der Waals surface area contributed by atoms with Gasteiger partial charge in [-0.25, -0.2) is 19.6 Å². The van der Waals surface area contributed by atoms with Gasteiger partial charge in [-0.2, -0.15) is 0 Å². The van der Waals surface area contributed by atoms with Gasteiger partial charge in [0, 0.05) is 12.1 Å². The standard InChI is InChI=1S/C38H44N6O4/c1-37(2,3)47-35(45)43-29-15-25(29)17-31(43)33-39-19-27(41-33)23-11-7-21(8-12-23)22-9-13-24(14-10-22)28-20-40-34(42-28)32-18-26-16-30(26)44(32)36(46)48-38(4,5)6/h7-14,19-20,25-26,29-32H,15-18H2,1-6H3,(H,39,41)(H,40,42)/t25-,26-,29?,30?,31+,32+/m1/s1. The number of ether oxygens (including phenoxy) is 2. The van der Waals surface area contributed by atoms with E-state index in [0.29, 0.717) is 11.8 Å². The predicted octanol–water partition coefficient (Wildman–Crippen LogP) is 8.27. The molecule has 2 aromatic heterocycles. The highest BCUT2D eigenvalue weighted by molar-refractivity contribution is 5.73. The van der Waals surface area contributed by atoms with E-state index in [4.69, 9.17) is 19.4 Å². The van der Waals surface area contributed by atoms with Crippen molar-refractivity contribution in [3.05, 3.63) is 72.6 Å². The van der Waals surface area contributed by atoms with Crippen molar-refractivity contribution in [3.8, 4) is 33.6 Å². The van der Waals surface area contributed by atoms with Crippen LogP contribution in [0.5, 0.6) is 0 Å². The SMILES string of the molecule is CC(C)(C)OC(=O)N1C2C[C@@H]2C[C@H]1c1ncc(-c2ccc(-c3ccc(-c4cnc([C@@H]5C[C@H]6CC6N5C(=O)OC(C)(C)C)[nH]4)cc3)cc2)[nH]1. The number of nitrogens with one attached hydrogen (secondary N) is 2. The monoisotopic (exact) mass is 648 g/mol. The van der Waals surface area contributed by atoms with Gasteiger partial charge >= 0.3 is 12.2 Å². The van der Waals surface area contributed by atoms with Crippen molar-refractivity contribution < 1.29 is 19.1 Å². The zero-order chi connectivity index (χ0) is 33.5. The number of likely N-dealkylation sites (tertiary alicyclic amines) is 2. The number of amides is 2. The molecule has 8 rings (SSSR count). The molecule has 4 heterocycles. The van der Waals surface area contributed by atoms with Crippen molar-refractivity contribution in [2.75, 3.05) is 0 Å². The number of fused-ring (bicyclic) bond motifs is 2. The van der Waals surface area contributed by atoms with Gasteiger partial charge in [0.1, 0.15) is 22.9 Å². The number of H-pyrrole nitrogens is 2. The molecule has 0 radical (unpaired) electrons. The Labute approximate surface area is 281 Å². The molecule has 2 aromatic carbocycles. The Bertz CT molecular complexity index is 1710. The number of nitrogens with zero attached hydrogens (tertiary/aromatic N) is 4. The molecule has 48 heavy (non-hydrogen) atoms. The minimum atomic E-state index is -0.532. The summed E-state index contributed by atoms with van der Waals surface area (Å²) in [7, 11) is 0. The van der Waals surface area contributed by atoms with Crippen LogP contribution in [0.1, 0.15) is 91.0 Å². The van der Waals surface area contributed by atoms with Gasteiger partial charge in [-0.1, -0.05) is 48.5 Å². The number of aromatic nitrogens is 4. The van der Waals surface area contributed by atoms with Crippen molar-refractivity contribution in [2.45, 2.75) is 103 Å². The van der Waals surface area contributed by atoms with Crippen molar-refractivity contribution in [3.63, 3.8) is 0 Å². The molecule has 0 spiro atoms. The lowest BCUT2D eigenvalue weighted by Crippen LogP contribution is -2.38. The average Bonchev–Trinajstić information content (AvgIpc) is 3.62. The molecule has 250 valence electrons. The molecule has 4 fully saturated rings. The normalized spacial score (nSPS) is 25.9. The number of aromatic amines is 2. The van der Waals surface area contributed by atoms with E-state index in [2.05, 4.69) is 58.5 Å². The molecule has 4 aromatic rings. The van der Waals surface area contributed by atoms with Crippen LogP contribution in [0, 0.1) is 11.8 Å². The van der Waals surface area contributed by atoms with Gasteiger partial charge < -0.3 is 19.4 Å². The lowest BCUT2D eigenvalue weighted by atomic mass is 10.0. The number of carbonyl (C=O) groups excluding carboxylic acids is 2. The van der Waals surface area contributed by atoms with Crippen LogP contribution in [0.15, 0.2) is 60.9 Å². The Morgan fingerprint density at radius 3 is 1.31 bits per heavy atom. The van der Waals surface area contributed by atoms with Crippen LogP contribution < -0.4 is 0 Å². The fraction of sp³-hybridized carbons (Fsp3) is 0.474. The molecule has 2 saturated heterocycles. The fourth-order valence-electron chi connectivity index (χ4n) is 7.55. The van der Waals surface area contributed by atoms with Crippen molar-refractivity contribution in [1.82, 2.24) is 29.7 Å². The summed E-state index contributed by atoms with van der Waals surface area (Å²) in [6, 6.07) is 17.2. The summed E-state index contributed by atoms with van der Waals surface area (Å²) in [4.78, 5) is 46.2. The molecule has 4 aliphatic rings. The van der Waals surface area contributed by atoms with Gasteiger partial charge in [0.25, 0.3) is 0 Å². The summed E-state index contributed by atoms with van der Waals surface area (Å²) >= 11 is 0. The highest BCUT2D eigenvalue weighted by atomic mass is 16.6. The second-order valence-electron chi connectivity index (χ2n) is 15.9. The summed E-state index contributed by atoms with van der Waals surface area (Å²) in [5.41, 5.74) is 5.09. The first-order chi connectivity index (χ1) is 22.8. The first-order valence-electron chi connectivity index (χ1n) is 17.1. The van der Waals surface area contributed by atoms with Crippen LogP contribution in [-0.2, 0) is 9.47 Å². The van der Waals surface area contributed by atoms with E-state index < -0.39 is 11.2 Å². The smallest absolute Gasteiger partial charge is 0.411 e. The first kappa shape index (κ1) is 30.7. The van der Waals surface area contributed by atoms with Crippen LogP contribution in [-0.4, -0.2) is 65.2 Å². The van der Waals surface area contributed by atoms with E-state index in [1.165, 1.54) is 0 Å². The topological polar surface area (TPSA) is 116 Å². The Morgan fingerprint density at radius 2 is 0.958 bits per heavy atom. The minimum Gasteiger partial charge on any atom is -0.444 e. The summed E-state index contributed by atoms with van der Waals surface area (Å²) < 4.78 is 11.4. The molecule has 2 N–H and O–H groups in total. The number of piperidine rings is 2. The number of hydrogen-bond acceptors (Lipinski definition) is 6. The third-order valence-electron chi connectivity index (χ3n) is 9.96. The van der Waals surface area contributed by atoms with Crippen molar-refractivity contribution >= 4 is 12.2 Å². The van der Waals surface area contributed by atoms with Gasteiger partial charge in [-0.15, -0.1) is 0 Å². The molecule has 2 aliphatic carbocycles. The highest BCUT2D eigenvalue weighted by Gasteiger charge is 2.57. The lowest BCUT2D eigenvalue weighted by molar-refractivity contribution is 0.0164. The molecule has 0 bridgehead atoms. The molecule has 6 atom stereocenters. The Kier molecular flexibility index (Phi) is 7.02. The van der Waals surface area contributed by atoms with Crippen LogP contribution in [0.2, 0.25) is 0 Å². The highest BCUT2D eigenvalue weighted by Crippen LogP contribution is 2.54. The van der Waals surface area contributed by atoms with Gasteiger partial charge in [0.15, 0.2) is 0 Å². The minimum absolute atomic E-state index is 0.0891. The molecule has 10 heteroatoms. The molecule has 2 amide bonds. The van der Waals surface area contributed by atoms with E-state index in [1.54, 1.807) is 0 Å². The van der Waals surface area contributed by atoms with Gasteiger partial charge in [0.05, 0.1) is 35.9 Å². The van der Waals surface area contributed by atoms with E-state index in [0.717, 1.165) is 71.0 Å². The van der Waals surface area contributed by atoms with Crippen LogP contribution >= 0.6 is 0 Å². The summed E-state index contributed by atoms with van der Waals surface area (Å²) in [5, 5.41) is 0. The quantitative estimate of drug-likeness (QED) is 0.225. The number of rotatable bonds is 5. The molecule has 2 unspecified atom stereocenters. The number of hydrogen-bond donors (Lipinski definition) is 2. The lowest BCUT2D eigenvalue weighted by Gasteiger charge is -2.29. The van der Waals surface area contributed by atoms with E-state index >= 15 is 0 Å². The Balaban J connectivity index is 0.935. The zero-order valence-corrected chi connectivity index (χ0v) is 28.5. The predicted molar refractivity (Wildman–Crippen MR) is 182 cm³/mol. The first-order valence-corrected chi connectivity index (χ1v) is 17.1. The molecular weight excluding hydrogens is 604 g/mol. The van der Waals surface area contributed by atoms with Crippen molar-refractivity contribution in [2.24, 2.45) is 11.8 Å².